The van der Waals surface area contributed by atoms with Crippen LogP contribution in [0.15, 0.2) is 0 Å². The Morgan fingerprint density at radius 2 is 2.00 bits per heavy atom. The fourth-order valence-corrected chi connectivity index (χ4v) is 3.03. The minimum atomic E-state index is -1.64. The van der Waals surface area contributed by atoms with Crippen molar-refractivity contribution in [1.29, 1.82) is 0 Å². The first kappa shape index (κ1) is 12.8. The number of carboxylic acid groups (broad SMARTS) is 1. The summed E-state index contributed by atoms with van der Waals surface area (Å²) in [4.78, 5) is 15.4. The SMILES string of the molecule is CN1C2CCC1CN(CC(C)(O)C(=O)O)CC2. The Bertz CT molecular complexity index is 306. The molecule has 98 valence electrons. The highest BCUT2D eigenvalue weighted by Crippen LogP contribution is 2.28. The quantitative estimate of drug-likeness (QED) is 0.729. The van der Waals surface area contributed by atoms with Crippen LogP contribution in [0.2, 0.25) is 0 Å². The number of hydrogen-bond donors (Lipinski definition) is 2. The average Bonchev–Trinajstić information content (AvgIpc) is 2.46. The van der Waals surface area contributed by atoms with Crippen LogP contribution >= 0.6 is 0 Å². The molecule has 5 nitrogen and oxygen atoms in total. The van der Waals surface area contributed by atoms with Crippen LogP contribution in [0.25, 0.3) is 0 Å². The van der Waals surface area contributed by atoms with E-state index >= 15 is 0 Å². The molecule has 2 fully saturated rings. The molecule has 0 amide bonds. The van der Waals surface area contributed by atoms with Gasteiger partial charge in [0.1, 0.15) is 0 Å². The minimum Gasteiger partial charge on any atom is -0.479 e. The van der Waals surface area contributed by atoms with E-state index in [1.807, 2.05) is 0 Å². The van der Waals surface area contributed by atoms with Gasteiger partial charge >= 0.3 is 5.97 Å². The molecule has 0 aromatic rings. The van der Waals surface area contributed by atoms with Crippen molar-refractivity contribution in [3.8, 4) is 0 Å². The van der Waals surface area contributed by atoms with Gasteiger partial charge in [0.05, 0.1) is 0 Å². The van der Waals surface area contributed by atoms with E-state index in [2.05, 4.69) is 16.8 Å². The first-order chi connectivity index (χ1) is 7.90. The molecule has 3 atom stereocenters. The molecule has 0 aliphatic carbocycles. The number of carbonyl (C=O) groups is 1. The van der Waals surface area contributed by atoms with E-state index in [1.54, 1.807) is 0 Å². The van der Waals surface area contributed by atoms with E-state index in [0.29, 0.717) is 12.1 Å². The topological polar surface area (TPSA) is 64.0 Å². The molecule has 0 radical (unpaired) electrons. The van der Waals surface area contributed by atoms with Crippen LogP contribution in [-0.4, -0.2) is 70.3 Å². The smallest absolute Gasteiger partial charge is 0.336 e. The lowest BCUT2D eigenvalue weighted by atomic mass is 10.0. The van der Waals surface area contributed by atoms with Crippen LogP contribution in [0.3, 0.4) is 0 Å². The fraction of sp³-hybridized carbons (Fsp3) is 0.917. The zero-order valence-corrected chi connectivity index (χ0v) is 10.6. The van der Waals surface area contributed by atoms with Gasteiger partial charge in [0.25, 0.3) is 0 Å². The number of nitrogens with zero attached hydrogens (tertiary/aromatic N) is 2. The lowest BCUT2D eigenvalue weighted by molar-refractivity contribution is -0.158. The number of rotatable bonds is 3. The number of fused-ring (bicyclic) bond motifs is 2. The van der Waals surface area contributed by atoms with Gasteiger partial charge in [0, 0.05) is 25.2 Å². The molecule has 2 aliphatic heterocycles. The summed E-state index contributed by atoms with van der Waals surface area (Å²) in [5.41, 5.74) is -1.64. The zero-order valence-electron chi connectivity index (χ0n) is 10.6. The van der Waals surface area contributed by atoms with Crippen LogP contribution in [0, 0.1) is 0 Å². The molecular formula is C12H22N2O3. The van der Waals surface area contributed by atoms with Crippen molar-refractivity contribution in [1.82, 2.24) is 9.80 Å². The summed E-state index contributed by atoms with van der Waals surface area (Å²) < 4.78 is 0. The Morgan fingerprint density at radius 3 is 2.65 bits per heavy atom. The fourth-order valence-electron chi connectivity index (χ4n) is 3.03. The van der Waals surface area contributed by atoms with Gasteiger partial charge in [0.15, 0.2) is 5.60 Å². The number of likely N-dealkylation sites (tertiary alicyclic amines) is 1. The van der Waals surface area contributed by atoms with E-state index in [4.69, 9.17) is 5.11 Å². The van der Waals surface area contributed by atoms with Crippen molar-refractivity contribution in [3.63, 3.8) is 0 Å². The monoisotopic (exact) mass is 242 g/mol. The van der Waals surface area contributed by atoms with Gasteiger partial charge in [-0.25, -0.2) is 4.79 Å². The van der Waals surface area contributed by atoms with E-state index in [1.165, 1.54) is 19.8 Å². The predicted octanol–water partition coefficient (Wildman–Crippen LogP) is -0.00950. The van der Waals surface area contributed by atoms with Crippen molar-refractivity contribution >= 4 is 5.97 Å². The molecular weight excluding hydrogens is 220 g/mol. The van der Waals surface area contributed by atoms with Crippen LogP contribution in [0.4, 0.5) is 0 Å². The maximum absolute atomic E-state index is 10.9. The highest BCUT2D eigenvalue weighted by atomic mass is 16.4. The molecule has 0 aromatic carbocycles. The van der Waals surface area contributed by atoms with E-state index in [-0.39, 0.29) is 6.54 Å². The highest BCUT2D eigenvalue weighted by Gasteiger charge is 2.38. The third kappa shape index (κ3) is 2.61. The number of hydrogen-bond acceptors (Lipinski definition) is 4. The van der Waals surface area contributed by atoms with Gasteiger partial charge in [-0.15, -0.1) is 0 Å². The normalized spacial score (nSPS) is 34.3. The van der Waals surface area contributed by atoms with Gasteiger partial charge in [-0.3, -0.25) is 9.80 Å². The van der Waals surface area contributed by atoms with Gasteiger partial charge in [-0.2, -0.15) is 0 Å². The Labute approximate surface area is 102 Å². The molecule has 0 aromatic heterocycles. The molecule has 2 N–H and O–H groups in total. The molecule has 3 unspecified atom stereocenters. The molecule has 2 rings (SSSR count). The molecule has 2 heterocycles. The first-order valence-electron chi connectivity index (χ1n) is 6.30. The van der Waals surface area contributed by atoms with Crippen LogP contribution in [-0.2, 0) is 4.79 Å². The second-order valence-corrected chi connectivity index (χ2v) is 5.65. The molecule has 0 saturated carbocycles. The van der Waals surface area contributed by atoms with Gasteiger partial charge in [-0.05, 0) is 39.8 Å². The molecule has 2 saturated heterocycles. The summed E-state index contributed by atoms with van der Waals surface area (Å²) in [6.07, 6.45) is 3.51. The van der Waals surface area contributed by atoms with Gasteiger partial charge in [-0.1, -0.05) is 0 Å². The predicted molar refractivity (Wildman–Crippen MR) is 63.9 cm³/mol. The average molecular weight is 242 g/mol. The maximum Gasteiger partial charge on any atom is 0.336 e. The summed E-state index contributed by atoms with van der Waals surface area (Å²) in [6.45, 7) is 3.35. The Hall–Kier alpha value is -0.650. The number of aliphatic carboxylic acids is 1. The third-order valence-electron chi connectivity index (χ3n) is 4.22. The zero-order chi connectivity index (χ0) is 12.6. The second-order valence-electron chi connectivity index (χ2n) is 5.65. The molecule has 17 heavy (non-hydrogen) atoms. The Kier molecular flexibility index (Phi) is 3.43. The molecule has 2 bridgehead atoms. The lowest BCUT2D eigenvalue weighted by Crippen LogP contribution is -2.49. The Morgan fingerprint density at radius 1 is 1.35 bits per heavy atom. The van der Waals surface area contributed by atoms with E-state index in [0.717, 1.165) is 19.5 Å². The third-order valence-corrected chi connectivity index (χ3v) is 4.22. The number of β-amino-alcohol motifs (C(OH)–C–C–N with tert-alkyl or cyclic N) is 1. The van der Waals surface area contributed by atoms with Gasteiger partial charge in [0.2, 0.25) is 0 Å². The van der Waals surface area contributed by atoms with Crippen molar-refractivity contribution < 1.29 is 15.0 Å². The summed E-state index contributed by atoms with van der Waals surface area (Å²) in [5.74, 6) is -1.14. The van der Waals surface area contributed by atoms with Crippen molar-refractivity contribution in [2.45, 2.75) is 43.9 Å². The summed E-state index contributed by atoms with van der Waals surface area (Å²) in [7, 11) is 2.15. The van der Waals surface area contributed by atoms with Crippen molar-refractivity contribution in [2.24, 2.45) is 0 Å². The Balaban J connectivity index is 1.98. The van der Waals surface area contributed by atoms with Gasteiger partial charge < -0.3 is 10.2 Å². The number of aliphatic hydroxyl groups is 1. The van der Waals surface area contributed by atoms with E-state index in [9.17, 15) is 9.90 Å². The number of carboxylic acids is 1. The molecule has 0 spiro atoms. The van der Waals surface area contributed by atoms with Crippen LogP contribution in [0.1, 0.15) is 26.2 Å². The largest absolute Gasteiger partial charge is 0.479 e. The molecule has 2 aliphatic rings. The summed E-state index contributed by atoms with van der Waals surface area (Å²) >= 11 is 0. The van der Waals surface area contributed by atoms with Crippen LogP contribution in [0.5, 0.6) is 0 Å². The minimum absolute atomic E-state index is 0.222. The summed E-state index contributed by atoms with van der Waals surface area (Å²) in [5, 5.41) is 18.8. The maximum atomic E-state index is 10.9. The second kappa shape index (κ2) is 4.55. The number of likely N-dealkylation sites (N-methyl/N-ethyl adjacent to an activating group) is 1. The lowest BCUT2D eigenvalue weighted by Gasteiger charge is -2.30. The first-order valence-corrected chi connectivity index (χ1v) is 6.30. The van der Waals surface area contributed by atoms with Crippen molar-refractivity contribution in [2.75, 3.05) is 26.7 Å². The summed E-state index contributed by atoms with van der Waals surface area (Å²) in [6, 6.07) is 1.16. The standard InChI is InChI=1S/C12H22N2O3/c1-12(17,11(15)16)8-14-6-5-9-3-4-10(7-14)13(9)2/h9-10,17H,3-8H2,1-2H3,(H,15,16). The van der Waals surface area contributed by atoms with Crippen LogP contribution < -0.4 is 0 Å². The van der Waals surface area contributed by atoms with E-state index < -0.39 is 11.6 Å². The molecule has 5 heteroatoms. The highest BCUT2D eigenvalue weighted by molar-refractivity contribution is 5.76. The van der Waals surface area contributed by atoms with Crippen molar-refractivity contribution in [3.05, 3.63) is 0 Å².